The van der Waals surface area contributed by atoms with E-state index >= 15 is 0 Å². The highest BCUT2D eigenvalue weighted by Gasteiger charge is 2.18. The molecule has 0 aromatic heterocycles. The summed E-state index contributed by atoms with van der Waals surface area (Å²) in [6.07, 6.45) is 0. The molecule has 2 aromatic rings. The average Bonchev–Trinajstić information content (AvgIpc) is 2.51. The summed E-state index contributed by atoms with van der Waals surface area (Å²) in [6, 6.07) is 10.3. The highest BCUT2D eigenvalue weighted by molar-refractivity contribution is 7.89. The van der Waals surface area contributed by atoms with E-state index in [2.05, 4.69) is 10.0 Å². The van der Waals surface area contributed by atoms with Crippen LogP contribution in [0.5, 0.6) is 0 Å². The van der Waals surface area contributed by atoms with Gasteiger partial charge >= 0.3 is 0 Å². The van der Waals surface area contributed by atoms with Crippen LogP contribution in [0.3, 0.4) is 0 Å². The van der Waals surface area contributed by atoms with Crippen LogP contribution in [0, 0.1) is 20.8 Å². The third kappa shape index (κ3) is 4.56. The van der Waals surface area contributed by atoms with Gasteiger partial charge in [0.1, 0.15) is 0 Å². The first-order valence-electron chi connectivity index (χ1n) is 7.32. The Kier molecular flexibility index (Phi) is 5.64. The van der Waals surface area contributed by atoms with Crippen molar-refractivity contribution in [2.75, 3.05) is 11.9 Å². The van der Waals surface area contributed by atoms with Gasteiger partial charge in [0.15, 0.2) is 0 Å². The first-order chi connectivity index (χ1) is 11.2. The molecule has 2 rings (SSSR count). The Labute approximate surface area is 147 Å². The maximum atomic E-state index is 12.4. The fourth-order valence-electron chi connectivity index (χ4n) is 2.16. The normalized spacial score (nSPS) is 11.3. The number of halogens is 1. The second-order valence-electron chi connectivity index (χ2n) is 5.60. The fourth-order valence-corrected chi connectivity index (χ4v) is 3.64. The van der Waals surface area contributed by atoms with Crippen LogP contribution in [-0.2, 0) is 14.8 Å². The number of nitrogens with one attached hydrogen (secondary N) is 2. The first kappa shape index (κ1) is 18.4. The predicted molar refractivity (Wildman–Crippen MR) is 95.9 cm³/mol. The summed E-state index contributed by atoms with van der Waals surface area (Å²) in [7, 11) is -3.76. The Morgan fingerprint density at radius 1 is 1.04 bits per heavy atom. The molecule has 0 radical (unpaired) electrons. The molecule has 0 aliphatic rings. The van der Waals surface area contributed by atoms with Crippen LogP contribution in [0.4, 0.5) is 5.69 Å². The molecule has 0 saturated heterocycles. The van der Waals surface area contributed by atoms with Crippen molar-refractivity contribution in [3.8, 4) is 0 Å². The van der Waals surface area contributed by atoms with Crippen molar-refractivity contribution in [3.63, 3.8) is 0 Å². The topological polar surface area (TPSA) is 75.3 Å². The number of anilines is 1. The van der Waals surface area contributed by atoms with Crippen molar-refractivity contribution in [3.05, 3.63) is 58.1 Å². The Bertz CT molecular complexity index is 879. The van der Waals surface area contributed by atoms with Crippen LogP contribution in [0.2, 0.25) is 5.02 Å². The molecule has 2 aromatic carbocycles. The van der Waals surface area contributed by atoms with Gasteiger partial charge in [-0.2, -0.15) is 0 Å². The Morgan fingerprint density at radius 2 is 1.71 bits per heavy atom. The molecular formula is C17H19ClN2O3S. The van der Waals surface area contributed by atoms with Gasteiger partial charge in [-0.1, -0.05) is 29.8 Å². The van der Waals surface area contributed by atoms with E-state index in [9.17, 15) is 13.2 Å². The third-order valence-corrected chi connectivity index (χ3v) is 5.31. The Morgan fingerprint density at radius 3 is 2.42 bits per heavy atom. The van der Waals surface area contributed by atoms with E-state index in [4.69, 9.17) is 11.6 Å². The molecule has 0 aliphatic heterocycles. The second kappa shape index (κ2) is 7.34. The van der Waals surface area contributed by atoms with Gasteiger partial charge in [0.2, 0.25) is 15.9 Å². The van der Waals surface area contributed by atoms with Crippen LogP contribution < -0.4 is 10.0 Å². The molecule has 0 fully saturated rings. The number of aryl methyl sites for hydroxylation is 3. The lowest BCUT2D eigenvalue weighted by Gasteiger charge is -2.11. The lowest BCUT2D eigenvalue weighted by Crippen LogP contribution is -2.33. The number of hydrogen-bond acceptors (Lipinski definition) is 3. The average molecular weight is 367 g/mol. The van der Waals surface area contributed by atoms with E-state index in [1.807, 2.05) is 19.9 Å². The molecule has 128 valence electrons. The van der Waals surface area contributed by atoms with Gasteiger partial charge in [-0.25, -0.2) is 13.1 Å². The molecule has 24 heavy (non-hydrogen) atoms. The molecule has 0 aliphatic carbocycles. The second-order valence-corrected chi connectivity index (χ2v) is 7.77. The van der Waals surface area contributed by atoms with Crippen molar-refractivity contribution in [2.24, 2.45) is 0 Å². The number of carbonyl (C=O) groups is 1. The Hall–Kier alpha value is -1.89. The molecule has 0 spiro atoms. The van der Waals surface area contributed by atoms with E-state index < -0.39 is 15.9 Å². The number of sulfonamides is 1. The molecule has 1 amide bonds. The summed E-state index contributed by atoms with van der Waals surface area (Å²) in [4.78, 5) is 12.2. The molecule has 5 nitrogen and oxygen atoms in total. The van der Waals surface area contributed by atoms with Gasteiger partial charge in [0.05, 0.1) is 11.4 Å². The minimum atomic E-state index is -3.76. The quantitative estimate of drug-likeness (QED) is 0.853. The highest BCUT2D eigenvalue weighted by Crippen LogP contribution is 2.20. The molecule has 2 N–H and O–H groups in total. The molecule has 0 bridgehead atoms. The van der Waals surface area contributed by atoms with E-state index in [1.165, 1.54) is 0 Å². The van der Waals surface area contributed by atoms with E-state index in [-0.39, 0.29) is 11.4 Å². The maximum Gasteiger partial charge on any atom is 0.241 e. The summed E-state index contributed by atoms with van der Waals surface area (Å²) < 4.78 is 27.1. The van der Waals surface area contributed by atoms with Crippen molar-refractivity contribution in [1.29, 1.82) is 0 Å². The predicted octanol–water partition coefficient (Wildman–Crippen LogP) is 3.18. The zero-order valence-electron chi connectivity index (χ0n) is 13.7. The number of benzene rings is 2. The zero-order valence-corrected chi connectivity index (χ0v) is 15.3. The van der Waals surface area contributed by atoms with Crippen LogP contribution >= 0.6 is 11.6 Å². The largest absolute Gasteiger partial charge is 0.325 e. The summed E-state index contributed by atoms with van der Waals surface area (Å²) in [5, 5.41) is 3.14. The van der Waals surface area contributed by atoms with Gasteiger partial charge < -0.3 is 5.32 Å². The van der Waals surface area contributed by atoms with Crippen LogP contribution in [-0.4, -0.2) is 20.9 Å². The van der Waals surface area contributed by atoms with Crippen molar-refractivity contribution >= 4 is 33.2 Å². The Balaban J connectivity index is 2.08. The molecule has 0 atom stereocenters. The van der Waals surface area contributed by atoms with Crippen molar-refractivity contribution in [1.82, 2.24) is 4.72 Å². The summed E-state index contributed by atoms with van der Waals surface area (Å²) in [5.74, 6) is -0.464. The number of carbonyl (C=O) groups excluding carboxylic acids is 1. The standard InChI is InChI=1S/C17H19ClN2O3S/c1-11-4-5-13(3)16(8-11)24(22,23)19-10-17(21)20-15-9-14(18)7-6-12(15)2/h4-9,19H,10H2,1-3H3,(H,20,21). The van der Waals surface area contributed by atoms with Crippen LogP contribution in [0.15, 0.2) is 41.3 Å². The smallest absolute Gasteiger partial charge is 0.241 e. The van der Waals surface area contributed by atoms with Crippen molar-refractivity contribution < 1.29 is 13.2 Å². The monoisotopic (exact) mass is 366 g/mol. The SMILES string of the molecule is Cc1ccc(C)c(S(=O)(=O)NCC(=O)Nc2cc(Cl)ccc2C)c1. The first-order valence-corrected chi connectivity index (χ1v) is 9.18. The molecular weight excluding hydrogens is 348 g/mol. The molecule has 0 saturated carbocycles. The maximum absolute atomic E-state index is 12.4. The molecule has 0 heterocycles. The molecule has 0 unspecified atom stereocenters. The minimum absolute atomic E-state index is 0.175. The van der Waals surface area contributed by atoms with Crippen LogP contribution in [0.25, 0.3) is 0 Å². The minimum Gasteiger partial charge on any atom is -0.325 e. The zero-order chi connectivity index (χ0) is 17.9. The van der Waals surface area contributed by atoms with E-state index in [1.54, 1.807) is 37.3 Å². The van der Waals surface area contributed by atoms with Gasteiger partial charge in [-0.05, 0) is 55.7 Å². The highest BCUT2D eigenvalue weighted by atomic mass is 35.5. The lowest BCUT2D eigenvalue weighted by molar-refractivity contribution is -0.115. The third-order valence-electron chi connectivity index (χ3n) is 3.53. The molecule has 7 heteroatoms. The van der Waals surface area contributed by atoms with Gasteiger partial charge in [0, 0.05) is 10.7 Å². The van der Waals surface area contributed by atoms with Crippen LogP contribution in [0.1, 0.15) is 16.7 Å². The number of rotatable bonds is 5. The van der Waals surface area contributed by atoms with E-state index in [0.717, 1.165) is 11.1 Å². The van der Waals surface area contributed by atoms with Gasteiger partial charge in [-0.3, -0.25) is 4.79 Å². The summed E-state index contributed by atoms with van der Waals surface area (Å²) >= 11 is 5.90. The fraction of sp³-hybridized carbons (Fsp3) is 0.235. The van der Waals surface area contributed by atoms with Crippen molar-refractivity contribution in [2.45, 2.75) is 25.7 Å². The number of hydrogen-bond donors (Lipinski definition) is 2. The van der Waals surface area contributed by atoms with E-state index in [0.29, 0.717) is 16.3 Å². The van der Waals surface area contributed by atoms with Gasteiger partial charge in [-0.15, -0.1) is 0 Å². The lowest BCUT2D eigenvalue weighted by atomic mass is 10.2. The van der Waals surface area contributed by atoms with Gasteiger partial charge in [0.25, 0.3) is 0 Å². The number of amides is 1. The summed E-state index contributed by atoms with van der Waals surface area (Å²) in [6.45, 7) is 4.99. The summed E-state index contributed by atoms with van der Waals surface area (Å²) in [5.41, 5.74) is 2.85.